The Kier molecular flexibility index (Phi) is 3.39. The molecule has 0 bridgehead atoms. The lowest BCUT2D eigenvalue weighted by molar-refractivity contribution is 0.0185. The van der Waals surface area contributed by atoms with Gasteiger partial charge in [-0.15, -0.1) is 0 Å². The van der Waals surface area contributed by atoms with Crippen molar-refractivity contribution in [1.29, 1.82) is 0 Å². The largest absolute Gasteiger partial charge is 0.374 e. The average Bonchev–Trinajstić information content (AvgIpc) is 2.89. The molecule has 4 heteroatoms. The summed E-state index contributed by atoms with van der Waals surface area (Å²) in [4.78, 5) is 4.44. The van der Waals surface area contributed by atoms with Gasteiger partial charge in [0.1, 0.15) is 5.82 Å². The van der Waals surface area contributed by atoms with Crippen LogP contribution in [-0.4, -0.2) is 35.4 Å². The summed E-state index contributed by atoms with van der Waals surface area (Å²) < 4.78 is 7.89. The summed E-state index contributed by atoms with van der Waals surface area (Å²) in [6.45, 7) is 3.50. The van der Waals surface area contributed by atoms with Crippen molar-refractivity contribution in [3.63, 3.8) is 0 Å². The fourth-order valence-corrected chi connectivity index (χ4v) is 2.26. The molecule has 4 nitrogen and oxygen atoms in total. The van der Waals surface area contributed by atoms with Crippen LogP contribution in [0.4, 0.5) is 0 Å². The lowest BCUT2D eigenvalue weighted by atomic mass is 10.2. The van der Waals surface area contributed by atoms with Crippen LogP contribution in [0.15, 0.2) is 42.7 Å². The lowest BCUT2D eigenvalue weighted by Crippen LogP contribution is -2.40. The number of nitrogens with zero attached hydrogens (tertiary/aromatic N) is 2. The third-order valence-electron chi connectivity index (χ3n) is 3.15. The third-order valence-corrected chi connectivity index (χ3v) is 3.15. The highest BCUT2D eigenvalue weighted by atomic mass is 16.5. The van der Waals surface area contributed by atoms with E-state index in [1.165, 1.54) is 0 Å². The molecule has 2 aromatic rings. The predicted molar refractivity (Wildman–Crippen MR) is 70.3 cm³/mol. The fourth-order valence-electron chi connectivity index (χ4n) is 2.26. The molecular formula is C14H17N3O. The van der Waals surface area contributed by atoms with Gasteiger partial charge < -0.3 is 14.6 Å². The minimum absolute atomic E-state index is 0.232. The summed E-state index contributed by atoms with van der Waals surface area (Å²) in [5.41, 5.74) is 1.14. The molecule has 94 valence electrons. The van der Waals surface area contributed by atoms with Crippen LogP contribution in [0.2, 0.25) is 0 Å². The van der Waals surface area contributed by atoms with Crippen molar-refractivity contribution in [2.45, 2.75) is 12.6 Å². The molecule has 1 unspecified atom stereocenters. The number of imidazole rings is 1. The van der Waals surface area contributed by atoms with E-state index >= 15 is 0 Å². The van der Waals surface area contributed by atoms with Crippen LogP contribution in [0.25, 0.3) is 11.4 Å². The van der Waals surface area contributed by atoms with Gasteiger partial charge in [0.25, 0.3) is 0 Å². The maximum atomic E-state index is 5.73. The van der Waals surface area contributed by atoms with Gasteiger partial charge in [0.05, 0.1) is 19.3 Å². The predicted octanol–water partition coefficient (Wildman–Crippen LogP) is 1.54. The van der Waals surface area contributed by atoms with Crippen LogP contribution < -0.4 is 5.32 Å². The Hall–Kier alpha value is -1.65. The van der Waals surface area contributed by atoms with Gasteiger partial charge in [-0.1, -0.05) is 30.3 Å². The molecule has 2 heterocycles. The molecule has 1 atom stereocenters. The maximum Gasteiger partial charge on any atom is 0.139 e. The Labute approximate surface area is 107 Å². The molecule has 1 aromatic heterocycles. The Balaban J connectivity index is 1.79. The van der Waals surface area contributed by atoms with E-state index in [1.54, 1.807) is 0 Å². The van der Waals surface area contributed by atoms with Crippen LogP contribution in [-0.2, 0) is 11.3 Å². The van der Waals surface area contributed by atoms with Gasteiger partial charge in [0.15, 0.2) is 0 Å². The zero-order valence-electron chi connectivity index (χ0n) is 10.2. The second-order valence-corrected chi connectivity index (χ2v) is 4.47. The molecule has 0 aliphatic carbocycles. The summed E-state index contributed by atoms with van der Waals surface area (Å²) in [5, 5.41) is 3.35. The third kappa shape index (κ3) is 2.44. The normalized spacial score (nSPS) is 19.9. The van der Waals surface area contributed by atoms with Crippen molar-refractivity contribution in [3.8, 4) is 11.4 Å². The summed E-state index contributed by atoms with van der Waals surface area (Å²) in [7, 11) is 0. The van der Waals surface area contributed by atoms with Crippen LogP contribution >= 0.6 is 0 Å². The highest BCUT2D eigenvalue weighted by molar-refractivity contribution is 5.55. The molecule has 3 rings (SSSR count). The van der Waals surface area contributed by atoms with Gasteiger partial charge in [0.2, 0.25) is 0 Å². The van der Waals surface area contributed by atoms with Gasteiger partial charge >= 0.3 is 0 Å². The van der Waals surface area contributed by atoms with Gasteiger partial charge in [-0.2, -0.15) is 0 Å². The number of benzene rings is 1. The highest BCUT2D eigenvalue weighted by Crippen LogP contribution is 2.17. The standard InChI is InChI=1S/C14H17N3O/c1-2-4-12(5-3-1)14-16-6-8-17(14)11-13-10-15-7-9-18-13/h1-6,8,13,15H,7,9-11H2. The van der Waals surface area contributed by atoms with E-state index in [-0.39, 0.29) is 6.10 Å². The summed E-state index contributed by atoms with van der Waals surface area (Å²) in [5.74, 6) is 1.00. The van der Waals surface area contributed by atoms with E-state index in [9.17, 15) is 0 Å². The SMILES string of the molecule is c1ccc(-c2nccn2CC2CNCCO2)cc1. The van der Waals surface area contributed by atoms with Crippen molar-refractivity contribution >= 4 is 0 Å². The molecule has 1 saturated heterocycles. The summed E-state index contributed by atoms with van der Waals surface area (Å²) >= 11 is 0. The Morgan fingerprint density at radius 1 is 1.33 bits per heavy atom. The van der Waals surface area contributed by atoms with Crippen LogP contribution in [0.3, 0.4) is 0 Å². The maximum absolute atomic E-state index is 5.73. The average molecular weight is 243 g/mol. The van der Waals surface area contributed by atoms with E-state index in [2.05, 4.69) is 27.0 Å². The van der Waals surface area contributed by atoms with Gasteiger partial charge in [-0.05, 0) is 0 Å². The van der Waals surface area contributed by atoms with Crippen molar-refractivity contribution in [3.05, 3.63) is 42.7 Å². The molecule has 1 aromatic carbocycles. The molecule has 1 fully saturated rings. The van der Waals surface area contributed by atoms with Gasteiger partial charge in [-0.25, -0.2) is 4.98 Å². The molecule has 1 aliphatic heterocycles. The monoisotopic (exact) mass is 243 g/mol. The number of nitrogens with one attached hydrogen (secondary N) is 1. The highest BCUT2D eigenvalue weighted by Gasteiger charge is 2.15. The first-order chi connectivity index (χ1) is 8.93. The summed E-state index contributed by atoms with van der Waals surface area (Å²) in [6.07, 6.45) is 4.09. The number of rotatable bonds is 3. The van der Waals surface area contributed by atoms with E-state index < -0.39 is 0 Å². The van der Waals surface area contributed by atoms with E-state index in [1.807, 2.05) is 30.6 Å². The second-order valence-electron chi connectivity index (χ2n) is 4.47. The quantitative estimate of drug-likeness (QED) is 0.888. The van der Waals surface area contributed by atoms with Crippen molar-refractivity contribution in [1.82, 2.24) is 14.9 Å². The molecule has 0 radical (unpaired) electrons. The molecule has 0 amide bonds. The minimum atomic E-state index is 0.232. The minimum Gasteiger partial charge on any atom is -0.374 e. The van der Waals surface area contributed by atoms with E-state index in [0.717, 1.165) is 37.6 Å². The number of aromatic nitrogens is 2. The first kappa shape index (κ1) is 11.4. The molecular weight excluding hydrogens is 226 g/mol. The van der Waals surface area contributed by atoms with Crippen molar-refractivity contribution in [2.75, 3.05) is 19.7 Å². The number of hydrogen-bond donors (Lipinski definition) is 1. The zero-order valence-corrected chi connectivity index (χ0v) is 10.2. The Bertz CT molecular complexity index is 489. The topological polar surface area (TPSA) is 39.1 Å². The Morgan fingerprint density at radius 3 is 3.00 bits per heavy atom. The first-order valence-electron chi connectivity index (χ1n) is 6.32. The van der Waals surface area contributed by atoms with Gasteiger partial charge in [-0.3, -0.25) is 0 Å². The van der Waals surface area contributed by atoms with Gasteiger partial charge in [0, 0.05) is 31.0 Å². The van der Waals surface area contributed by atoms with E-state index in [0.29, 0.717) is 0 Å². The molecule has 1 aliphatic rings. The molecule has 0 saturated carbocycles. The number of hydrogen-bond acceptors (Lipinski definition) is 3. The zero-order chi connectivity index (χ0) is 12.2. The molecule has 18 heavy (non-hydrogen) atoms. The molecule has 0 spiro atoms. The Morgan fingerprint density at radius 2 is 2.22 bits per heavy atom. The molecule has 1 N–H and O–H groups in total. The first-order valence-corrected chi connectivity index (χ1v) is 6.32. The van der Waals surface area contributed by atoms with Crippen LogP contribution in [0, 0.1) is 0 Å². The number of morpholine rings is 1. The van der Waals surface area contributed by atoms with Crippen LogP contribution in [0.1, 0.15) is 0 Å². The van der Waals surface area contributed by atoms with Crippen LogP contribution in [0.5, 0.6) is 0 Å². The number of ether oxygens (including phenoxy) is 1. The van der Waals surface area contributed by atoms with Crippen molar-refractivity contribution in [2.24, 2.45) is 0 Å². The van der Waals surface area contributed by atoms with E-state index in [4.69, 9.17) is 4.74 Å². The summed E-state index contributed by atoms with van der Waals surface area (Å²) in [6, 6.07) is 10.3. The van der Waals surface area contributed by atoms with Crippen molar-refractivity contribution < 1.29 is 4.74 Å². The second kappa shape index (κ2) is 5.33. The fraction of sp³-hybridized carbons (Fsp3) is 0.357. The smallest absolute Gasteiger partial charge is 0.139 e. The lowest BCUT2D eigenvalue weighted by Gasteiger charge is -2.24.